The molecular weight excluding hydrogens is 446 g/mol. The van der Waals surface area contributed by atoms with Crippen LogP contribution in [0.3, 0.4) is 0 Å². The second-order valence-corrected chi connectivity index (χ2v) is 7.56. The Labute approximate surface area is 193 Å². The molecular formula is C23H20F2N6O3. The van der Waals surface area contributed by atoms with Crippen molar-refractivity contribution in [3.63, 3.8) is 0 Å². The van der Waals surface area contributed by atoms with Crippen LogP contribution in [-0.4, -0.2) is 63.7 Å². The van der Waals surface area contributed by atoms with Gasteiger partial charge < -0.3 is 24.3 Å². The summed E-state index contributed by atoms with van der Waals surface area (Å²) in [5.74, 6) is -1.82. The molecule has 9 nitrogen and oxygen atoms in total. The molecule has 4 heterocycles. The highest BCUT2D eigenvalue weighted by Gasteiger charge is 2.26. The van der Waals surface area contributed by atoms with Crippen LogP contribution >= 0.6 is 0 Å². The Balaban J connectivity index is 1.46. The van der Waals surface area contributed by atoms with Crippen LogP contribution in [0.25, 0.3) is 16.7 Å². The summed E-state index contributed by atoms with van der Waals surface area (Å²) in [4.78, 5) is 26.9. The van der Waals surface area contributed by atoms with Gasteiger partial charge in [-0.1, -0.05) is 0 Å². The largest absolute Gasteiger partial charge is 0.481 e. The maximum atomic E-state index is 14.9. The van der Waals surface area contributed by atoms with Crippen molar-refractivity contribution in [2.24, 2.45) is 0 Å². The fourth-order valence-electron chi connectivity index (χ4n) is 3.72. The van der Waals surface area contributed by atoms with Crippen molar-refractivity contribution >= 4 is 28.6 Å². The van der Waals surface area contributed by atoms with E-state index in [2.05, 4.69) is 20.3 Å². The third-order valence-electron chi connectivity index (χ3n) is 5.45. The van der Waals surface area contributed by atoms with Crippen molar-refractivity contribution in [2.45, 2.75) is 0 Å². The average Bonchev–Trinajstić information content (AvgIpc) is 3.28. The van der Waals surface area contributed by atoms with Crippen molar-refractivity contribution in [3.8, 4) is 11.6 Å². The first-order valence-corrected chi connectivity index (χ1v) is 10.5. The molecule has 1 amide bonds. The molecule has 0 saturated carbocycles. The number of nitrogens with zero attached hydrogens (tertiary/aromatic N) is 5. The van der Waals surface area contributed by atoms with E-state index in [4.69, 9.17) is 9.47 Å². The van der Waals surface area contributed by atoms with Gasteiger partial charge in [0.15, 0.2) is 0 Å². The first kappa shape index (κ1) is 21.7. The second-order valence-electron chi connectivity index (χ2n) is 7.56. The highest BCUT2D eigenvalue weighted by Crippen LogP contribution is 2.25. The van der Waals surface area contributed by atoms with Crippen LogP contribution in [0, 0.1) is 11.6 Å². The molecule has 1 aromatic carbocycles. The third-order valence-corrected chi connectivity index (χ3v) is 5.45. The van der Waals surface area contributed by atoms with Crippen molar-refractivity contribution in [1.29, 1.82) is 0 Å². The number of aromatic nitrogens is 4. The minimum absolute atomic E-state index is 0.194. The minimum Gasteiger partial charge on any atom is -0.481 e. The van der Waals surface area contributed by atoms with Crippen molar-refractivity contribution < 1.29 is 23.0 Å². The van der Waals surface area contributed by atoms with E-state index in [9.17, 15) is 13.6 Å². The van der Waals surface area contributed by atoms with Crippen molar-refractivity contribution in [2.75, 3.05) is 38.7 Å². The van der Waals surface area contributed by atoms with E-state index in [1.54, 1.807) is 36.8 Å². The van der Waals surface area contributed by atoms with E-state index >= 15 is 0 Å². The number of nitrogens with one attached hydrogen (secondary N) is 1. The summed E-state index contributed by atoms with van der Waals surface area (Å²) in [5.41, 5.74) is 0.691. The van der Waals surface area contributed by atoms with Gasteiger partial charge in [0.2, 0.25) is 11.8 Å². The van der Waals surface area contributed by atoms with Gasteiger partial charge >= 0.3 is 0 Å². The number of methoxy groups -OCH3 is 1. The molecule has 1 saturated heterocycles. The lowest BCUT2D eigenvalue weighted by atomic mass is 10.1. The molecule has 0 radical (unpaired) electrons. The molecule has 1 N–H and O–H groups in total. The van der Waals surface area contributed by atoms with Gasteiger partial charge in [0.05, 0.1) is 37.9 Å². The van der Waals surface area contributed by atoms with Crippen LogP contribution in [-0.2, 0) is 4.74 Å². The summed E-state index contributed by atoms with van der Waals surface area (Å²) in [6.07, 6.45) is 4.80. The molecule has 0 bridgehead atoms. The maximum absolute atomic E-state index is 14.9. The van der Waals surface area contributed by atoms with Crippen LogP contribution in [0.15, 0.2) is 48.9 Å². The van der Waals surface area contributed by atoms with E-state index in [0.29, 0.717) is 35.8 Å². The zero-order valence-corrected chi connectivity index (χ0v) is 18.2. The molecule has 1 aliphatic heterocycles. The average molecular weight is 466 g/mol. The minimum atomic E-state index is -0.940. The van der Waals surface area contributed by atoms with Crippen LogP contribution < -0.4 is 10.1 Å². The topological polar surface area (TPSA) is 94.4 Å². The third kappa shape index (κ3) is 4.13. The Hall–Kier alpha value is -4.12. The smallest absolute Gasteiger partial charge is 0.259 e. The normalized spacial score (nSPS) is 13.8. The number of pyridine rings is 1. The van der Waals surface area contributed by atoms with Crippen molar-refractivity contribution in [1.82, 2.24) is 24.4 Å². The van der Waals surface area contributed by atoms with Gasteiger partial charge in [-0.3, -0.25) is 4.79 Å². The lowest BCUT2D eigenvalue weighted by Crippen LogP contribution is -2.41. The van der Waals surface area contributed by atoms with Crippen LogP contribution in [0.2, 0.25) is 0 Å². The number of benzene rings is 1. The van der Waals surface area contributed by atoms with Gasteiger partial charge in [-0.25, -0.2) is 18.7 Å². The Morgan fingerprint density at radius 2 is 1.85 bits per heavy atom. The van der Waals surface area contributed by atoms with Crippen LogP contribution in [0.5, 0.6) is 5.88 Å². The fraction of sp³-hybridized carbons (Fsp3) is 0.217. The van der Waals surface area contributed by atoms with Gasteiger partial charge in [0.1, 0.15) is 22.8 Å². The van der Waals surface area contributed by atoms with Gasteiger partial charge in [-0.2, -0.15) is 4.98 Å². The predicted octanol–water partition coefficient (Wildman–Crippen LogP) is 3.32. The molecule has 1 fully saturated rings. The SMILES string of the molecule is COc1ccc(Nc2ncc3ccn(-c4cc(F)c(C(=O)N5CCOCC5)c(F)c4)c3n2)cn1. The summed E-state index contributed by atoms with van der Waals surface area (Å²) in [7, 11) is 1.53. The molecule has 5 rings (SSSR count). The number of ether oxygens (including phenoxy) is 2. The molecule has 0 aliphatic carbocycles. The summed E-state index contributed by atoms with van der Waals surface area (Å²) in [5, 5.41) is 3.71. The highest BCUT2D eigenvalue weighted by molar-refractivity contribution is 5.95. The highest BCUT2D eigenvalue weighted by atomic mass is 19.1. The monoisotopic (exact) mass is 466 g/mol. The number of hydrogen-bond donors (Lipinski definition) is 1. The van der Waals surface area contributed by atoms with E-state index in [1.165, 1.54) is 16.6 Å². The number of halogens is 2. The molecule has 11 heteroatoms. The number of carbonyl (C=O) groups is 1. The Morgan fingerprint density at radius 1 is 1.09 bits per heavy atom. The Kier molecular flexibility index (Phi) is 5.76. The van der Waals surface area contributed by atoms with Gasteiger partial charge in [0.25, 0.3) is 5.91 Å². The zero-order chi connectivity index (χ0) is 23.7. The molecule has 1 aliphatic rings. The number of rotatable bonds is 5. The first-order chi connectivity index (χ1) is 16.5. The molecule has 0 spiro atoms. The molecule has 0 atom stereocenters. The quantitative estimate of drug-likeness (QED) is 0.482. The number of hydrogen-bond acceptors (Lipinski definition) is 7. The van der Waals surface area contributed by atoms with Crippen LogP contribution in [0.1, 0.15) is 10.4 Å². The number of amides is 1. The van der Waals surface area contributed by atoms with Crippen LogP contribution in [0.4, 0.5) is 20.4 Å². The number of carbonyl (C=O) groups excluding carboxylic acids is 1. The number of morpholine rings is 1. The van der Waals surface area contributed by atoms with Crippen molar-refractivity contribution in [3.05, 3.63) is 66.1 Å². The lowest BCUT2D eigenvalue weighted by molar-refractivity contribution is 0.0296. The first-order valence-electron chi connectivity index (χ1n) is 10.5. The van der Waals surface area contributed by atoms with E-state index in [-0.39, 0.29) is 24.7 Å². The number of anilines is 2. The van der Waals surface area contributed by atoms with E-state index < -0.39 is 23.1 Å². The maximum Gasteiger partial charge on any atom is 0.259 e. The predicted molar refractivity (Wildman–Crippen MR) is 120 cm³/mol. The van der Waals surface area contributed by atoms with Gasteiger partial charge in [-0.05, 0) is 24.3 Å². The lowest BCUT2D eigenvalue weighted by Gasteiger charge is -2.27. The van der Waals surface area contributed by atoms with Gasteiger partial charge in [-0.15, -0.1) is 0 Å². The van der Waals surface area contributed by atoms with E-state index in [1.807, 2.05) is 0 Å². The molecule has 3 aromatic heterocycles. The summed E-state index contributed by atoms with van der Waals surface area (Å²) < 4.78 is 41.7. The molecule has 4 aromatic rings. The summed E-state index contributed by atoms with van der Waals surface area (Å²) in [6, 6.07) is 7.43. The standard InChI is InChI=1S/C23H20F2N6O3/c1-33-19-3-2-15(13-26-19)28-23-27-12-14-4-5-31(21(14)29-23)16-10-17(24)20(18(25)11-16)22(32)30-6-8-34-9-7-30/h2-5,10-13H,6-9H2,1H3,(H,27,28,29). The van der Waals surface area contributed by atoms with E-state index in [0.717, 1.165) is 12.1 Å². The Bertz CT molecular complexity index is 1330. The molecule has 0 unspecified atom stereocenters. The number of fused-ring (bicyclic) bond motifs is 1. The second kappa shape index (κ2) is 9.02. The zero-order valence-electron chi connectivity index (χ0n) is 18.2. The molecule has 34 heavy (non-hydrogen) atoms. The fourth-order valence-corrected chi connectivity index (χ4v) is 3.72. The van der Waals surface area contributed by atoms with Gasteiger partial charge in [0, 0.05) is 36.9 Å². The Morgan fingerprint density at radius 3 is 2.53 bits per heavy atom. The summed E-state index contributed by atoms with van der Waals surface area (Å²) in [6.45, 7) is 1.26. The molecule has 174 valence electrons. The summed E-state index contributed by atoms with van der Waals surface area (Å²) >= 11 is 0.